The molecule has 1 atom stereocenters. The highest BCUT2D eigenvalue weighted by molar-refractivity contribution is 7.91. The maximum absolute atomic E-state index is 11.9. The van der Waals surface area contributed by atoms with Crippen LogP contribution in [0.4, 0.5) is 0 Å². The van der Waals surface area contributed by atoms with E-state index in [1.165, 1.54) is 5.56 Å². The molecule has 1 heterocycles. The Hall–Kier alpha value is -1.85. The quantitative estimate of drug-likeness (QED) is 0.841. The summed E-state index contributed by atoms with van der Waals surface area (Å²) in [5, 5.41) is 0. The van der Waals surface area contributed by atoms with E-state index >= 15 is 0 Å². The Morgan fingerprint density at radius 3 is 2.56 bits per heavy atom. The van der Waals surface area contributed by atoms with Gasteiger partial charge in [0.25, 0.3) is 0 Å². The summed E-state index contributed by atoms with van der Waals surface area (Å²) in [4.78, 5) is 2.24. The number of hydrogen-bond acceptors (Lipinski definition) is 4. The molecule has 4 nitrogen and oxygen atoms in total. The molecule has 0 spiro atoms. The molecule has 0 bridgehead atoms. The predicted molar refractivity (Wildman–Crippen MR) is 102 cm³/mol. The smallest absolute Gasteiger partial charge is 0.151 e. The lowest BCUT2D eigenvalue weighted by Crippen LogP contribution is -2.28. The Morgan fingerprint density at radius 1 is 1.12 bits per heavy atom. The number of para-hydroxylation sites is 1. The molecule has 5 heteroatoms. The second-order valence-electron chi connectivity index (χ2n) is 6.85. The monoisotopic (exact) mass is 359 g/mol. The molecular weight excluding hydrogens is 334 g/mol. The van der Waals surface area contributed by atoms with Crippen LogP contribution >= 0.6 is 0 Å². The average molecular weight is 359 g/mol. The van der Waals surface area contributed by atoms with Crippen LogP contribution in [-0.4, -0.2) is 45.0 Å². The third-order valence-corrected chi connectivity index (χ3v) is 6.49. The van der Waals surface area contributed by atoms with Crippen molar-refractivity contribution >= 4 is 9.84 Å². The van der Waals surface area contributed by atoms with Crippen LogP contribution in [-0.2, 0) is 16.4 Å². The van der Waals surface area contributed by atoms with Gasteiger partial charge in [0.05, 0.1) is 18.6 Å². The molecule has 0 radical (unpaired) electrons. The van der Waals surface area contributed by atoms with E-state index in [-0.39, 0.29) is 11.7 Å². The summed E-state index contributed by atoms with van der Waals surface area (Å²) in [5.41, 5.74) is 3.39. The largest absolute Gasteiger partial charge is 0.496 e. The first-order valence-corrected chi connectivity index (χ1v) is 10.4. The lowest BCUT2D eigenvalue weighted by atomic mass is 10.0. The maximum atomic E-state index is 11.9. The maximum Gasteiger partial charge on any atom is 0.151 e. The topological polar surface area (TPSA) is 46.6 Å². The fraction of sp³-hybridized carbons (Fsp3) is 0.400. The molecule has 1 saturated heterocycles. The average Bonchev–Trinajstić information content (AvgIpc) is 2.72. The van der Waals surface area contributed by atoms with Crippen molar-refractivity contribution in [2.75, 3.05) is 31.7 Å². The molecule has 3 rings (SSSR count). The minimum Gasteiger partial charge on any atom is -0.496 e. The summed E-state index contributed by atoms with van der Waals surface area (Å²) in [7, 11) is -1.22. The predicted octanol–water partition coefficient (Wildman–Crippen LogP) is 3.23. The van der Waals surface area contributed by atoms with Gasteiger partial charge in [0.1, 0.15) is 5.75 Å². The summed E-state index contributed by atoms with van der Waals surface area (Å²) in [6.07, 6.45) is 0. The molecule has 1 unspecified atom stereocenters. The van der Waals surface area contributed by atoms with Gasteiger partial charge in [-0.3, -0.25) is 4.90 Å². The molecule has 0 aliphatic carbocycles. The van der Waals surface area contributed by atoms with Gasteiger partial charge in [-0.2, -0.15) is 0 Å². The molecular formula is C20H25NO3S. The third-order valence-electron chi connectivity index (χ3n) is 4.60. The zero-order valence-corrected chi connectivity index (χ0v) is 15.6. The molecule has 0 saturated carbocycles. The number of benzene rings is 2. The molecule has 1 aliphatic heterocycles. The molecule has 0 amide bonds. The number of hydrogen-bond donors (Lipinski definition) is 0. The fourth-order valence-corrected chi connectivity index (χ4v) is 5.12. The van der Waals surface area contributed by atoms with E-state index in [9.17, 15) is 8.42 Å². The van der Waals surface area contributed by atoms with Crippen LogP contribution < -0.4 is 4.74 Å². The van der Waals surface area contributed by atoms with Gasteiger partial charge in [0, 0.05) is 25.2 Å². The van der Waals surface area contributed by atoms with E-state index in [1.54, 1.807) is 7.11 Å². The van der Waals surface area contributed by atoms with E-state index in [1.807, 2.05) is 25.1 Å². The minimum atomic E-state index is -2.90. The Labute approximate surface area is 150 Å². The lowest BCUT2D eigenvalue weighted by Gasteiger charge is -2.21. The van der Waals surface area contributed by atoms with E-state index in [2.05, 4.69) is 35.2 Å². The van der Waals surface area contributed by atoms with Crippen molar-refractivity contribution < 1.29 is 13.2 Å². The van der Waals surface area contributed by atoms with Gasteiger partial charge in [-0.05, 0) is 23.1 Å². The van der Waals surface area contributed by atoms with Crippen molar-refractivity contribution in [3.05, 3.63) is 54.1 Å². The summed E-state index contributed by atoms with van der Waals surface area (Å²) in [5.74, 6) is 1.61. The number of nitrogens with zero attached hydrogens (tertiary/aromatic N) is 1. The van der Waals surface area contributed by atoms with Crippen molar-refractivity contribution in [2.24, 2.45) is 5.92 Å². The van der Waals surface area contributed by atoms with Crippen LogP contribution in [0.5, 0.6) is 5.75 Å². The summed E-state index contributed by atoms with van der Waals surface area (Å²) in [6, 6.07) is 16.4. The Morgan fingerprint density at radius 2 is 1.84 bits per heavy atom. The normalized spacial score (nSPS) is 20.8. The van der Waals surface area contributed by atoms with Crippen molar-refractivity contribution in [1.82, 2.24) is 4.90 Å². The highest BCUT2D eigenvalue weighted by Gasteiger charge is 2.24. The Kier molecular flexibility index (Phi) is 5.45. The SMILES string of the molecule is COc1ccccc1-c1ccc(CN2CCS(=O)(=O)CC(C)C2)cc1. The number of rotatable bonds is 4. The second kappa shape index (κ2) is 7.58. The first-order valence-electron chi connectivity index (χ1n) is 8.62. The van der Waals surface area contributed by atoms with Crippen LogP contribution in [0.2, 0.25) is 0 Å². The van der Waals surface area contributed by atoms with Gasteiger partial charge in [0.15, 0.2) is 9.84 Å². The molecule has 0 N–H and O–H groups in total. The summed E-state index contributed by atoms with van der Waals surface area (Å²) < 4.78 is 29.2. The van der Waals surface area contributed by atoms with Crippen molar-refractivity contribution in [3.8, 4) is 16.9 Å². The minimum absolute atomic E-state index is 0.181. The first-order chi connectivity index (χ1) is 12.0. The van der Waals surface area contributed by atoms with Crippen LogP contribution in [0.1, 0.15) is 12.5 Å². The highest BCUT2D eigenvalue weighted by atomic mass is 32.2. The van der Waals surface area contributed by atoms with Crippen molar-refractivity contribution in [2.45, 2.75) is 13.5 Å². The third kappa shape index (κ3) is 4.61. The van der Waals surface area contributed by atoms with Crippen LogP contribution in [0.25, 0.3) is 11.1 Å². The van der Waals surface area contributed by atoms with E-state index in [0.29, 0.717) is 12.3 Å². The van der Waals surface area contributed by atoms with Crippen molar-refractivity contribution in [1.29, 1.82) is 0 Å². The van der Waals surface area contributed by atoms with Crippen LogP contribution in [0.3, 0.4) is 0 Å². The summed E-state index contributed by atoms with van der Waals surface area (Å²) >= 11 is 0. The zero-order valence-electron chi connectivity index (χ0n) is 14.8. The van der Waals surface area contributed by atoms with Gasteiger partial charge >= 0.3 is 0 Å². The van der Waals surface area contributed by atoms with E-state index < -0.39 is 9.84 Å². The van der Waals surface area contributed by atoms with Gasteiger partial charge in [-0.1, -0.05) is 49.4 Å². The van der Waals surface area contributed by atoms with Gasteiger partial charge in [-0.25, -0.2) is 8.42 Å². The second-order valence-corrected chi connectivity index (χ2v) is 9.08. The molecule has 25 heavy (non-hydrogen) atoms. The molecule has 1 aliphatic rings. The van der Waals surface area contributed by atoms with Crippen molar-refractivity contribution in [3.63, 3.8) is 0 Å². The van der Waals surface area contributed by atoms with Crippen LogP contribution in [0, 0.1) is 5.92 Å². The lowest BCUT2D eigenvalue weighted by molar-refractivity contribution is 0.257. The fourth-order valence-electron chi connectivity index (χ4n) is 3.44. The number of methoxy groups -OCH3 is 1. The Bertz CT molecular complexity index is 815. The molecule has 2 aromatic rings. The molecule has 0 aromatic heterocycles. The van der Waals surface area contributed by atoms with Gasteiger partial charge in [0.2, 0.25) is 0 Å². The standard InChI is InChI=1S/C20H25NO3S/c1-16-13-21(11-12-25(22,23)15-16)14-17-7-9-18(10-8-17)19-5-3-4-6-20(19)24-2/h3-10,16H,11-15H2,1-2H3. The molecule has 2 aromatic carbocycles. The summed E-state index contributed by atoms with van der Waals surface area (Å²) in [6.45, 7) is 4.24. The number of sulfone groups is 1. The first kappa shape index (κ1) is 18.0. The van der Waals surface area contributed by atoms with Crippen LogP contribution in [0.15, 0.2) is 48.5 Å². The zero-order chi connectivity index (χ0) is 17.9. The molecule has 1 fully saturated rings. The number of ether oxygens (including phenoxy) is 1. The van der Waals surface area contributed by atoms with Gasteiger partial charge in [-0.15, -0.1) is 0 Å². The van der Waals surface area contributed by atoms with Gasteiger partial charge < -0.3 is 4.74 Å². The van der Waals surface area contributed by atoms with E-state index in [4.69, 9.17) is 4.74 Å². The van der Waals surface area contributed by atoms with E-state index in [0.717, 1.165) is 30.0 Å². The molecule has 134 valence electrons. The highest BCUT2D eigenvalue weighted by Crippen LogP contribution is 2.29. The Balaban J connectivity index is 1.73.